The van der Waals surface area contributed by atoms with E-state index >= 15 is 0 Å². The molecular weight excluding hydrogens is 340 g/mol. The van der Waals surface area contributed by atoms with Crippen molar-refractivity contribution in [2.75, 3.05) is 13.7 Å². The molecule has 27 heavy (non-hydrogen) atoms. The molecule has 0 fully saturated rings. The van der Waals surface area contributed by atoms with E-state index in [1.54, 1.807) is 25.1 Å². The number of aliphatic hydroxyl groups is 1. The van der Waals surface area contributed by atoms with E-state index in [0.717, 1.165) is 22.3 Å². The molecule has 0 saturated carbocycles. The van der Waals surface area contributed by atoms with E-state index < -0.39 is 6.04 Å². The minimum Gasteiger partial charge on any atom is -0.464 e. The monoisotopic (exact) mass is 362 g/mol. The van der Waals surface area contributed by atoms with Gasteiger partial charge in [0.2, 0.25) is 0 Å². The maximum absolute atomic E-state index is 12.4. The van der Waals surface area contributed by atoms with E-state index in [4.69, 9.17) is 4.74 Å². The number of ether oxygens (including phenoxy) is 1. The smallest absolute Gasteiger partial charge is 0.329 e. The van der Waals surface area contributed by atoms with Crippen LogP contribution in [-0.4, -0.2) is 35.7 Å². The molecule has 5 nitrogen and oxygen atoms in total. The van der Waals surface area contributed by atoms with Crippen LogP contribution < -0.4 is 0 Å². The predicted molar refractivity (Wildman–Crippen MR) is 102 cm³/mol. The zero-order valence-electron chi connectivity index (χ0n) is 15.4. The second-order valence-electron chi connectivity index (χ2n) is 6.47. The first-order valence-corrected chi connectivity index (χ1v) is 8.90. The summed E-state index contributed by atoms with van der Waals surface area (Å²) in [6.07, 6.45) is 1.71. The molecule has 1 aliphatic rings. The molecule has 1 heterocycles. The highest BCUT2D eigenvalue weighted by Crippen LogP contribution is 2.37. The van der Waals surface area contributed by atoms with E-state index in [-0.39, 0.29) is 18.5 Å². The summed E-state index contributed by atoms with van der Waals surface area (Å²) in [7, 11) is 1.78. The van der Waals surface area contributed by atoms with E-state index in [9.17, 15) is 15.2 Å². The molecule has 2 unspecified atom stereocenters. The summed E-state index contributed by atoms with van der Waals surface area (Å²) in [5, 5.41) is 19.1. The Labute approximate surface area is 159 Å². The lowest BCUT2D eigenvalue weighted by molar-refractivity contribution is -0.148. The van der Waals surface area contributed by atoms with Gasteiger partial charge >= 0.3 is 5.97 Å². The van der Waals surface area contributed by atoms with Crippen molar-refractivity contribution in [3.8, 4) is 17.2 Å². The number of carbonyl (C=O) groups is 1. The Morgan fingerprint density at radius 3 is 2.56 bits per heavy atom. The maximum atomic E-state index is 12.4. The van der Waals surface area contributed by atoms with Crippen molar-refractivity contribution in [3.05, 3.63) is 71.4 Å². The standard InChI is InChI=1S/C22H22N2O3/c1-3-27-22(26)21-20(18(12-23)13-24(21)2)16-10-8-15(9-11-16)19-7-5-4-6-17(19)14-25/h4-11,13,20-21,25H,3,14H2,1-2H3. The van der Waals surface area contributed by atoms with Gasteiger partial charge in [-0.25, -0.2) is 4.79 Å². The Morgan fingerprint density at radius 2 is 1.93 bits per heavy atom. The number of carbonyl (C=O) groups excluding carboxylic acids is 1. The predicted octanol–water partition coefficient (Wildman–Crippen LogP) is 3.21. The van der Waals surface area contributed by atoms with Crippen molar-refractivity contribution < 1.29 is 14.6 Å². The lowest BCUT2D eigenvalue weighted by Crippen LogP contribution is -2.37. The van der Waals surface area contributed by atoms with Crippen molar-refractivity contribution >= 4 is 5.97 Å². The van der Waals surface area contributed by atoms with Crippen molar-refractivity contribution in [1.29, 1.82) is 5.26 Å². The van der Waals surface area contributed by atoms with Crippen LogP contribution in [0.2, 0.25) is 0 Å². The molecule has 0 bridgehead atoms. The van der Waals surface area contributed by atoms with E-state index in [1.807, 2.05) is 48.5 Å². The van der Waals surface area contributed by atoms with Gasteiger partial charge in [-0.2, -0.15) is 5.26 Å². The number of hydrogen-bond acceptors (Lipinski definition) is 5. The van der Waals surface area contributed by atoms with Gasteiger partial charge in [-0.05, 0) is 29.2 Å². The van der Waals surface area contributed by atoms with Gasteiger partial charge < -0.3 is 14.7 Å². The normalized spacial score (nSPS) is 18.7. The first kappa shape index (κ1) is 18.7. The first-order chi connectivity index (χ1) is 13.1. The highest BCUT2D eigenvalue weighted by atomic mass is 16.5. The lowest BCUT2D eigenvalue weighted by atomic mass is 9.86. The molecule has 0 spiro atoms. The number of rotatable bonds is 5. The first-order valence-electron chi connectivity index (χ1n) is 8.90. The van der Waals surface area contributed by atoms with Crippen molar-refractivity contribution in [2.45, 2.75) is 25.5 Å². The third-order valence-electron chi connectivity index (χ3n) is 4.86. The molecule has 1 aliphatic heterocycles. The Bertz CT molecular complexity index is 897. The van der Waals surface area contributed by atoms with E-state index in [0.29, 0.717) is 12.2 Å². The van der Waals surface area contributed by atoms with Gasteiger partial charge in [0, 0.05) is 13.2 Å². The molecule has 1 N–H and O–H groups in total. The number of nitriles is 1. The van der Waals surface area contributed by atoms with Crippen LogP contribution in [-0.2, 0) is 16.1 Å². The van der Waals surface area contributed by atoms with Gasteiger partial charge in [-0.1, -0.05) is 48.5 Å². The summed E-state index contributed by atoms with van der Waals surface area (Å²) < 4.78 is 5.21. The van der Waals surface area contributed by atoms with Gasteiger partial charge in [0.05, 0.1) is 30.8 Å². The Hall–Kier alpha value is -3.10. The molecule has 3 rings (SSSR count). The lowest BCUT2D eigenvalue weighted by Gasteiger charge is -2.25. The summed E-state index contributed by atoms with van der Waals surface area (Å²) in [5.74, 6) is -0.692. The zero-order valence-corrected chi connectivity index (χ0v) is 15.4. The quantitative estimate of drug-likeness (QED) is 0.827. The summed E-state index contributed by atoms with van der Waals surface area (Å²) in [4.78, 5) is 14.2. The van der Waals surface area contributed by atoms with Crippen LogP contribution in [0.5, 0.6) is 0 Å². The molecule has 2 atom stereocenters. The molecule has 0 saturated heterocycles. The van der Waals surface area contributed by atoms with Gasteiger partial charge in [-0.15, -0.1) is 0 Å². The number of esters is 1. The number of nitrogens with zero attached hydrogens (tertiary/aromatic N) is 2. The fourth-order valence-corrected chi connectivity index (χ4v) is 3.59. The van der Waals surface area contributed by atoms with Crippen LogP contribution >= 0.6 is 0 Å². The molecular formula is C22H22N2O3. The molecule has 2 aromatic carbocycles. The summed E-state index contributed by atoms with van der Waals surface area (Å²) in [5.41, 5.74) is 4.22. The summed E-state index contributed by atoms with van der Waals surface area (Å²) in [6, 6.07) is 17.1. The van der Waals surface area contributed by atoms with Crippen LogP contribution in [0.25, 0.3) is 11.1 Å². The molecule has 2 aromatic rings. The molecule has 0 radical (unpaired) electrons. The maximum Gasteiger partial charge on any atom is 0.329 e. The SMILES string of the molecule is CCOC(=O)C1C(c2ccc(-c3ccccc3CO)cc2)C(C#N)=CN1C. The van der Waals surface area contributed by atoms with Crippen molar-refractivity contribution in [2.24, 2.45) is 0 Å². The van der Waals surface area contributed by atoms with Crippen LogP contribution in [0.4, 0.5) is 0 Å². The Balaban J connectivity index is 1.96. The Kier molecular flexibility index (Phi) is 5.58. The largest absolute Gasteiger partial charge is 0.464 e. The second kappa shape index (κ2) is 8.07. The summed E-state index contributed by atoms with van der Waals surface area (Å²) >= 11 is 0. The molecule has 5 heteroatoms. The summed E-state index contributed by atoms with van der Waals surface area (Å²) in [6.45, 7) is 2.04. The topological polar surface area (TPSA) is 73.6 Å². The minimum absolute atomic E-state index is 0.0302. The third kappa shape index (κ3) is 3.57. The fraction of sp³-hybridized carbons (Fsp3) is 0.273. The van der Waals surface area contributed by atoms with Gasteiger partial charge in [0.25, 0.3) is 0 Å². The molecule has 138 valence electrons. The highest BCUT2D eigenvalue weighted by molar-refractivity contribution is 5.80. The fourth-order valence-electron chi connectivity index (χ4n) is 3.59. The number of likely N-dealkylation sites (N-methyl/N-ethyl adjacent to an activating group) is 1. The van der Waals surface area contributed by atoms with Crippen LogP contribution in [0.15, 0.2) is 60.3 Å². The van der Waals surface area contributed by atoms with E-state index in [1.165, 1.54) is 0 Å². The van der Waals surface area contributed by atoms with Gasteiger partial charge in [0.1, 0.15) is 6.04 Å². The molecule has 0 aliphatic carbocycles. The highest BCUT2D eigenvalue weighted by Gasteiger charge is 2.40. The molecule has 0 amide bonds. The third-order valence-corrected chi connectivity index (χ3v) is 4.86. The van der Waals surface area contributed by atoms with Crippen molar-refractivity contribution in [1.82, 2.24) is 4.90 Å². The van der Waals surface area contributed by atoms with Crippen LogP contribution in [0.3, 0.4) is 0 Å². The van der Waals surface area contributed by atoms with Crippen LogP contribution in [0, 0.1) is 11.3 Å². The van der Waals surface area contributed by atoms with E-state index in [2.05, 4.69) is 6.07 Å². The average Bonchev–Trinajstić information content (AvgIpc) is 3.04. The number of hydrogen-bond donors (Lipinski definition) is 1. The van der Waals surface area contributed by atoms with Crippen LogP contribution in [0.1, 0.15) is 24.0 Å². The minimum atomic E-state index is -0.546. The molecule has 0 aromatic heterocycles. The number of benzene rings is 2. The number of aliphatic hydroxyl groups excluding tert-OH is 1. The van der Waals surface area contributed by atoms with Gasteiger partial charge in [-0.3, -0.25) is 0 Å². The van der Waals surface area contributed by atoms with Crippen molar-refractivity contribution in [3.63, 3.8) is 0 Å². The average molecular weight is 362 g/mol. The zero-order chi connectivity index (χ0) is 19.4. The van der Waals surface area contributed by atoms with Gasteiger partial charge in [0.15, 0.2) is 0 Å². The Morgan fingerprint density at radius 1 is 1.22 bits per heavy atom. The second-order valence-corrected chi connectivity index (χ2v) is 6.47.